The molecule has 1 aromatic rings. The van der Waals surface area contributed by atoms with Crippen molar-refractivity contribution in [3.05, 3.63) is 28.8 Å². The Labute approximate surface area is 116 Å². The highest BCUT2D eigenvalue weighted by Crippen LogP contribution is 2.45. The molecule has 1 saturated carbocycles. The minimum Gasteiger partial charge on any atom is -0.496 e. The third-order valence-electron chi connectivity index (χ3n) is 4.29. The van der Waals surface area contributed by atoms with Crippen LogP contribution in [-0.2, 0) is 6.54 Å². The Hall–Kier alpha value is -1.06. The molecule has 1 fully saturated rings. The van der Waals surface area contributed by atoms with Gasteiger partial charge in [-0.15, -0.1) is 0 Å². The van der Waals surface area contributed by atoms with E-state index in [-0.39, 0.29) is 0 Å². The minimum absolute atomic E-state index is 0.407. The van der Waals surface area contributed by atoms with Crippen molar-refractivity contribution in [1.82, 2.24) is 4.90 Å². The van der Waals surface area contributed by atoms with Crippen LogP contribution in [0, 0.1) is 19.3 Å². The van der Waals surface area contributed by atoms with E-state index in [1.807, 2.05) is 0 Å². The lowest BCUT2D eigenvalue weighted by molar-refractivity contribution is 0.259. The maximum atomic E-state index is 5.86. The molecule has 1 aromatic carbocycles. The Bertz CT molecular complexity index is 452. The maximum absolute atomic E-state index is 5.86. The average Bonchev–Trinajstić information content (AvgIpc) is 3.13. The first kappa shape index (κ1) is 14.4. The van der Waals surface area contributed by atoms with Crippen LogP contribution in [0.4, 0.5) is 0 Å². The van der Waals surface area contributed by atoms with Crippen LogP contribution in [0.25, 0.3) is 0 Å². The highest BCUT2D eigenvalue weighted by molar-refractivity contribution is 5.41. The molecular weight excluding hydrogens is 236 g/mol. The number of nitrogens with zero attached hydrogens (tertiary/aromatic N) is 1. The van der Waals surface area contributed by atoms with Gasteiger partial charge in [-0.2, -0.15) is 0 Å². The van der Waals surface area contributed by atoms with E-state index >= 15 is 0 Å². The zero-order chi connectivity index (χ0) is 14.0. The molecule has 0 aliphatic heterocycles. The topological polar surface area (TPSA) is 38.5 Å². The van der Waals surface area contributed by atoms with Crippen LogP contribution >= 0.6 is 0 Å². The SMILES string of the molecule is COc1cc(C)c(CN(C)CC2(CN)CC2)cc1C. The predicted octanol–water partition coefficient (Wildman–Crippen LogP) is 2.48. The minimum atomic E-state index is 0.407. The van der Waals surface area contributed by atoms with Crippen LogP contribution in [0.15, 0.2) is 12.1 Å². The first-order valence-electron chi connectivity index (χ1n) is 7.02. The van der Waals surface area contributed by atoms with Crippen molar-refractivity contribution in [2.24, 2.45) is 11.1 Å². The second kappa shape index (κ2) is 5.51. The van der Waals surface area contributed by atoms with Crippen molar-refractivity contribution in [2.45, 2.75) is 33.2 Å². The maximum Gasteiger partial charge on any atom is 0.122 e. The van der Waals surface area contributed by atoms with Gasteiger partial charge in [0.15, 0.2) is 0 Å². The fourth-order valence-electron chi connectivity index (χ4n) is 2.76. The van der Waals surface area contributed by atoms with Gasteiger partial charge < -0.3 is 15.4 Å². The van der Waals surface area contributed by atoms with Crippen LogP contribution in [0.3, 0.4) is 0 Å². The smallest absolute Gasteiger partial charge is 0.122 e. The molecule has 0 amide bonds. The summed E-state index contributed by atoms with van der Waals surface area (Å²) in [7, 11) is 3.92. The Kier molecular flexibility index (Phi) is 4.16. The van der Waals surface area contributed by atoms with E-state index in [4.69, 9.17) is 10.5 Å². The molecule has 106 valence electrons. The zero-order valence-corrected chi connectivity index (χ0v) is 12.6. The molecule has 0 spiro atoms. The largest absolute Gasteiger partial charge is 0.496 e. The molecular formula is C16H26N2O. The van der Waals surface area contributed by atoms with E-state index in [0.717, 1.165) is 25.4 Å². The molecule has 0 aromatic heterocycles. The quantitative estimate of drug-likeness (QED) is 0.856. The monoisotopic (exact) mass is 262 g/mol. The van der Waals surface area contributed by atoms with Gasteiger partial charge in [-0.3, -0.25) is 0 Å². The molecule has 0 bridgehead atoms. The van der Waals surface area contributed by atoms with Gasteiger partial charge in [-0.05, 0) is 68.5 Å². The summed E-state index contributed by atoms with van der Waals surface area (Å²) in [6, 6.07) is 4.38. The summed E-state index contributed by atoms with van der Waals surface area (Å²) in [5.74, 6) is 0.976. The molecule has 2 rings (SSSR count). The normalized spacial score (nSPS) is 16.7. The van der Waals surface area contributed by atoms with E-state index in [0.29, 0.717) is 5.41 Å². The summed E-state index contributed by atoms with van der Waals surface area (Å²) in [6.45, 7) is 7.16. The molecule has 0 heterocycles. The third kappa shape index (κ3) is 3.28. The molecule has 1 aliphatic rings. The fourth-order valence-corrected chi connectivity index (χ4v) is 2.76. The lowest BCUT2D eigenvalue weighted by Gasteiger charge is -2.24. The van der Waals surface area contributed by atoms with E-state index in [2.05, 4.69) is 37.9 Å². The lowest BCUT2D eigenvalue weighted by Crippen LogP contribution is -2.31. The van der Waals surface area contributed by atoms with E-state index in [1.165, 1.54) is 29.5 Å². The van der Waals surface area contributed by atoms with Crippen LogP contribution in [0.2, 0.25) is 0 Å². The van der Waals surface area contributed by atoms with Crippen LogP contribution in [-0.4, -0.2) is 32.1 Å². The third-order valence-corrected chi connectivity index (χ3v) is 4.29. The van der Waals surface area contributed by atoms with Gasteiger partial charge in [0.05, 0.1) is 7.11 Å². The van der Waals surface area contributed by atoms with E-state index in [1.54, 1.807) is 7.11 Å². The van der Waals surface area contributed by atoms with Crippen molar-refractivity contribution in [1.29, 1.82) is 0 Å². The number of benzene rings is 1. The summed E-state index contributed by atoms with van der Waals surface area (Å²) >= 11 is 0. The Balaban J connectivity index is 2.04. The molecule has 3 nitrogen and oxygen atoms in total. The summed E-state index contributed by atoms with van der Waals surface area (Å²) in [5.41, 5.74) is 10.2. The summed E-state index contributed by atoms with van der Waals surface area (Å²) < 4.78 is 5.36. The van der Waals surface area contributed by atoms with Gasteiger partial charge in [0.1, 0.15) is 5.75 Å². The molecule has 0 saturated heterocycles. The highest BCUT2D eigenvalue weighted by Gasteiger charge is 2.41. The highest BCUT2D eigenvalue weighted by atomic mass is 16.5. The van der Waals surface area contributed by atoms with Gasteiger partial charge in [-0.1, -0.05) is 6.07 Å². The average molecular weight is 262 g/mol. The van der Waals surface area contributed by atoms with Crippen LogP contribution in [0.5, 0.6) is 5.75 Å². The number of nitrogens with two attached hydrogens (primary N) is 1. The van der Waals surface area contributed by atoms with Crippen molar-refractivity contribution in [2.75, 3.05) is 27.2 Å². The second-order valence-electron chi connectivity index (χ2n) is 6.12. The van der Waals surface area contributed by atoms with Crippen molar-refractivity contribution < 1.29 is 4.74 Å². The van der Waals surface area contributed by atoms with Crippen LogP contribution in [0.1, 0.15) is 29.5 Å². The van der Waals surface area contributed by atoms with E-state index < -0.39 is 0 Å². The number of aryl methyl sites for hydroxylation is 2. The molecule has 2 N–H and O–H groups in total. The second-order valence-corrected chi connectivity index (χ2v) is 6.12. The van der Waals surface area contributed by atoms with Gasteiger partial charge in [0.2, 0.25) is 0 Å². The first-order chi connectivity index (χ1) is 8.99. The number of hydrogen-bond acceptors (Lipinski definition) is 3. The van der Waals surface area contributed by atoms with E-state index in [9.17, 15) is 0 Å². The molecule has 0 radical (unpaired) electrons. The standard InChI is InChI=1S/C16H26N2O/c1-12-8-15(19-4)13(2)7-14(12)9-18(3)11-16(10-17)5-6-16/h7-8H,5-6,9-11,17H2,1-4H3. The molecule has 3 heteroatoms. The molecule has 1 aliphatic carbocycles. The first-order valence-corrected chi connectivity index (χ1v) is 7.02. The van der Waals surface area contributed by atoms with Crippen molar-refractivity contribution in [3.8, 4) is 5.75 Å². The van der Waals surface area contributed by atoms with Crippen molar-refractivity contribution in [3.63, 3.8) is 0 Å². The lowest BCUT2D eigenvalue weighted by atomic mass is 10.0. The molecule has 0 unspecified atom stereocenters. The predicted molar refractivity (Wildman–Crippen MR) is 79.5 cm³/mol. The summed E-state index contributed by atoms with van der Waals surface area (Å²) in [5, 5.41) is 0. The Morgan fingerprint density at radius 3 is 2.47 bits per heavy atom. The van der Waals surface area contributed by atoms with Gasteiger partial charge in [-0.25, -0.2) is 0 Å². The van der Waals surface area contributed by atoms with Gasteiger partial charge in [0, 0.05) is 13.1 Å². The number of rotatable bonds is 6. The Morgan fingerprint density at radius 1 is 1.26 bits per heavy atom. The number of hydrogen-bond donors (Lipinski definition) is 1. The zero-order valence-electron chi connectivity index (χ0n) is 12.6. The van der Waals surface area contributed by atoms with Gasteiger partial charge in [0.25, 0.3) is 0 Å². The molecule has 19 heavy (non-hydrogen) atoms. The van der Waals surface area contributed by atoms with Crippen LogP contribution < -0.4 is 10.5 Å². The fraction of sp³-hybridized carbons (Fsp3) is 0.625. The Morgan fingerprint density at radius 2 is 1.95 bits per heavy atom. The number of ether oxygens (including phenoxy) is 1. The summed E-state index contributed by atoms with van der Waals surface area (Å²) in [6.07, 6.45) is 2.57. The summed E-state index contributed by atoms with van der Waals surface area (Å²) in [4.78, 5) is 2.40. The van der Waals surface area contributed by atoms with Crippen molar-refractivity contribution >= 4 is 0 Å². The molecule has 0 atom stereocenters. The number of methoxy groups -OCH3 is 1. The van der Waals surface area contributed by atoms with Gasteiger partial charge >= 0.3 is 0 Å².